The third-order valence-corrected chi connectivity index (χ3v) is 3.95. The van der Waals surface area contributed by atoms with E-state index >= 15 is 0 Å². The number of aryl methyl sites for hydroxylation is 1. The van der Waals surface area contributed by atoms with Crippen LogP contribution < -0.4 is 0 Å². The highest BCUT2D eigenvalue weighted by atomic mass is 32.2. The molecule has 0 bridgehead atoms. The summed E-state index contributed by atoms with van der Waals surface area (Å²) in [6.45, 7) is 4.62. The zero-order valence-corrected chi connectivity index (χ0v) is 11.9. The van der Waals surface area contributed by atoms with Crippen molar-refractivity contribution in [2.75, 3.05) is 26.1 Å². The largest absolute Gasteiger partial charge is 0.390 e. The molecule has 17 heavy (non-hydrogen) atoms. The van der Waals surface area contributed by atoms with Gasteiger partial charge in [-0.2, -0.15) is 4.37 Å². The summed E-state index contributed by atoms with van der Waals surface area (Å²) in [6.07, 6.45) is -0.494. The minimum atomic E-state index is -0.497. The zero-order chi connectivity index (χ0) is 12.7. The Labute approximate surface area is 110 Å². The fourth-order valence-corrected chi connectivity index (χ4v) is 2.69. The first kappa shape index (κ1) is 14.8. The molecule has 5 nitrogen and oxygen atoms in total. The number of hydrogen-bond acceptors (Lipinski definition) is 7. The van der Waals surface area contributed by atoms with E-state index in [9.17, 15) is 5.11 Å². The van der Waals surface area contributed by atoms with Crippen molar-refractivity contribution < 1.29 is 14.6 Å². The molecule has 1 heterocycles. The molecular weight excluding hydrogens is 260 g/mol. The van der Waals surface area contributed by atoms with Gasteiger partial charge in [-0.05, 0) is 25.4 Å². The second-order valence-corrected chi connectivity index (χ2v) is 5.69. The molecule has 0 aliphatic heterocycles. The van der Waals surface area contributed by atoms with Gasteiger partial charge in [0.1, 0.15) is 5.82 Å². The maximum atomic E-state index is 9.70. The topological polar surface area (TPSA) is 64.5 Å². The molecule has 1 aromatic rings. The van der Waals surface area contributed by atoms with Gasteiger partial charge in [0.2, 0.25) is 0 Å². The Balaban J connectivity index is 2.14. The summed E-state index contributed by atoms with van der Waals surface area (Å²) in [5.41, 5.74) is 0. The molecule has 0 amide bonds. The third kappa shape index (κ3) is 6.32. The first-order valence-electron chi connectivity index (χ1n) is 5.33. The third-order valence-electron chi connectivity index (χ3n) is 1.88. The van der Waals surface area contributed by atoms with Crippen molar-refractivity contribution in [2.24, 2.45) is 0 Å². The highest BCUT2D eigenvalue weighted by Crippen LogP contribution is 2.20. The lowest BCUT2D eigenvalue weighted by Crippen LogP contribution is -2.24. The molecule has 2 atom stereocenters. The SMILES string of the molecule is COCC(C)OCC(O)CSc1nc(C)ns1. The molecule has 1 aromatic heterocycles. The summed E-state index contributed by atoms with van der Waals surface area (Å²) in [5.74, 6) is 1.34. The molecule has 0 radical (unpaired) electrons. The van der Waals surface area contributed by atoms with Gasteiger partial charge in [-0.15, -0.1) is 0 Å². The molecule has 0 aliphatic carbocycles. The summed E-state index contributed by atoms with van der Waals surface area (Å²) in [4.78, 5) is 4.21. The van der Waals surface area contributed by atoms with Gasteiger partial charge < -0.3 is 14.6 Å². The first-order valence-corrected chi connectivity index (χ1v) is 7.09. The van der Waals surface area contributed by atoms with Crippen molar-refractivity contribution in [3.8, 4) is 0 Å². The number of aliphatic hydroxyl groups excluding tert-OH is 1. The Bertz CT molecular complexity index is 322. The van der Waals surface area contributed by atoms with Gasteiger partial charge in [0.25, 0.3) is 0 Å². The Hall–Kier alpha value is -0.210. The quantitative estimate of drug-likeness (QED) is 0.724. The lowest BCUT2D eigenvalue weighted by molar-refractivity contribution is -0.0257. The summed E-state index contributed by atoms with van der Waals surface area (Å²) < 4.78 is 15.3. The van der Waals surface area contributed by atoms with Crippen LogP contribution in [0.5, 0.6) is 0 Å². The van der Waals surface area contributed by atoms with Crippen LogP contribution in [0.15, 0.2) is 4.34 Å². The van der Waals surface area contributed by atoms with Crippen LogP contribution in [-0.2, 0) is 9.47 Å². The Morgan fingerprint density at radius 1 is 1.47 bits per heavy atom. The van der Waals surface area contributed by atoms with Crippen LogP contribution in [0.3, 0.4) is 0 Å². The number of aliphatic hydroxyl groups is 1. The van der Waals surface area contributed by atoms with Crippen molar-refractivity contribution in [3.05, 3.63) is 5.82 Å². The van der Waals surface area contributed by atoms with Gasteiger partial charge in [0.15, 0.2) is 4.34 Å². The fraction of sp³-hybridized carbons (Fsp3) is 0.800. The number of ether oxygens (including phenoxy) is 2. The summed E-state index contributed by atoms with van der Waals surface area (Å²) in [7, 11) is 1.63. The molecule has 0 saturated heterocycles. The number of aromatic nitrogens is 2. The Morgan fingerprint density at radius 2 is 2.24 bits per heavy atom. The second kappa shape index (κ2) is 7.99. The van der Waals surface area contributed by atoms with E-state index < -0.39 is 6.10 Å². The zero-order valence-electron chi connectivity index (χ0n) is 10.3. The summed E-state index contributed by atoms with van der Waals surface area (Å²) >= 11 is 2.85. The predicted molar refractivity (Wildman–Crippen MR) is 68.7 cm³/mol. The minimum absolute atomic E-state index is 0.00317. The second-order valence-electron chi connectivity index (χ2n) is 3.67. The van der Waals surface area contributed by atoms with Crippen LogP contribution in [0.1, 0.15) is 12.7 Å². The molecular formula is C10H18N2O3S2. The molecule has 98 valence electrons. The van der Waals surface area contributed by atoms with E-state index in [0.29, 0.717) is 19.0 Å². The highest BCUT2D eigenvalue weighted by molar-refractivity contribution is 8.00. The minimum Gasteiger partial charge on any atom is -0.390 e. The van der Waals surface area contributed by atoms with E-state index in [1.807, 2.05) is 13.8 Å². The average molecular weight is 278 g/mol. The van der Waals surface area contributed by atoms with E-state index in [1.54, 1.807) is 7.11 Å². The van der Waals surface area contributed by atoms with Gasteiger partial charge in [0, 0.05) is 12.9 Å². The first-order chi connectivity index (χ1) is 8.11. The molecule has 0 fully saturated rings. The van der Waals surface area contributed by atoms with Crippen LogP contribution in [0.25, 0.3) is 0 Å². The Kier molecular flexibility index (Phi) is 6.98. The van der Waals surface area contributed by atoms with Gasteiger partial charge in [-0.25, -0.2) is 4.98 Å². The van der Waals surface area contributed by atoms with Crippen molar-refractivity contribution in [1.29, 1.82) is 0 Å². The van der Waals surface area contributed by atoms with E-state index in [4.69, 9.17) is 9.47 Å². The molecule has 0 aliphatic rings. The molecule has 1 N–H and O–H groups in total. The Morgan fingerprint density at radius 3 is 2.82 bits per heavy atom. The molecule has 7 heteroatoms. The van der Waals surface area contributed by atoms with Crippen LogP contribution in [0, 0.1) is 6.92 Å². The molecule has 1 rings (SSSR count). The lowest BCUT2D eigenvalue weighted by atomic mass is 10.4. The summed E-state index contributed by atoms with van der Waals surface area (Å²) in [5, 5.41) is 9.70. The fourth-order valence-electron chi connectivity index (χ4n) is 1.11. The number of rotatable bonds is 8. The maximum absolute atomic E-state index is 9.70. The highest BCUT2D eigenvalue weighted by Gasteiger charge is 2.10. The molecule has 0 saturated carbocycles. The maximum Gasteiger partial charge on any atom is 0.170 e. The van der Waals surface area contributed by atoms with Crippen molar-refractivity contribution in [1.82, 2.24) is 9.36 Å². The lowest BCUT2D eigenvalue weighted by Gasteiger charge is -2.15. The van der Waals surface area contributed by atoms with E-state index in [0.717, 1.165) is 10.2 Å². The van der Waals surface area contributed by atoms with Crippen molar-refractivity contribution in [3.63, 3.8) is 0 Å². The van der Waals surface area contributed by atoms with E-state index in [-0.39, 0.29) is 6.10 Å². The van der Waals surface area contributed by atoms with Crippen LogP contribution in [0.2, 0.25) is 0 Å². The van der Waals surface area contributed by atoms with Crippen LogP contribution >= 0.6 is 23.3 Å². The monoisotopic (exact) mass is 278 g/mol. The van der Waals surface area contributed by atoms with Gasteiger partial charge in [-0.3, -0.25) is 0 Å². The molecule has 0 spiro atoms. The number of hydrogen-bond donors (Lipinski definition) is 1. The van der Waals surface area contributed by atoms with Crippen molar-refractivity contribution in [2.45, 2.75) is 30.4 Å². The van der Waals surface area contributed by atoms with Gasteiger partial charge >= 0.3 is 0 Å². The van der Waals surface area contributed by atoms with Gasteiger partial charge in [-0.1, -0.05) is 11.8 Å². The van der Waals surface area contributed by atoms with E-state index in [1.165, 1.54) is 23.3 Å². The predicted octanol–water partition coefficient (Wildman–Crippen LogP) is 1.35. The number of thioether (sulfide) groups is 1. The summed E-state index contributed by atoms with van der Waals surface area (Å²) in [6, 6.07) is 0. The standard InChI is InChI=1S/C10H18N2O3S2/c1-7(4-14-3)15-5-9(13)6-16-10-11-8(2)12-17-10/h7,9,13H,4-6H2,1-3H3. The van der Waals surface area contributed by atoms with E-state index in [2.05, 4.69) is 9.36 Å². The number of methoxy groups -OCH3 is 1. The van der Waals surface area contributed by atoms with Crippen LogP contribution in [-0.4, -0.2) is 52.7 Å². The molecule has 2 unspecified atom stereocenters. The van der Waals surface area contributed by atoms with Crippen molar-refractivity contribution >= 4 is 23.3 Å². The van der Waals surface area contributed by atoms with Crippen LogP contribution in [0.4, 0.5) is 0 Å². The van der Waals surface area contributed by atoms with Gasteiger partial charge in [0.05, 0.1) is 25.4 Å². The average Bonchev–Trinajstić information content (AvgIpc) is 2.70. The molecule has 0 aromatic carbocycles. The normalized spacial score (nSPS) is 14.8. The smallest absolute Gasteiger partial charge is 0.170 e. The number of nitrogens with zero attached hydrogens (tertiary/aromatic N) is 2.